The van der Waals surface area contributed by atoms with Crippen LogP contribution in [0.1, 0.15) is 149 Å². The lowest BCUT2D eigenvalue weighted by Gasteiger charge is -2.37. The van der Waals surface area contributed by atoms with E-state index in [4.69, 9.17) is 18.5 Å². The number of phosphoric acid groups is 1. The van der Waals surface area contributed by atoms with Crippen LogP contribution in [0.2, 0.25) is 0 Å². The highest BCUT2D eigenvalue weighted by atomic mass is 31.2. The quantitative estimate of drug-likeness (QED) is 0.0312. The number of cyclic esters (lactones) is 1. The molecule has 2 bridgehead atoms. The fourth-order valence-electron chi connectivity index (χ4n) is 7.63. The van der Waals surface area contributed by atoms with Crippen molar-refractivity contribution in [2.24, 2.45) is 11.8 Å². The second kappa shape index (κ2) is 33.0. The molecule has 1 heterocycles. The second-order valence-corrected chi connectivity index (χ2v) is 18.4. The summed E-state index contributed by atoms with van der Waals surface area (Å²) in [6.45, 7) is 2.74. The molecule has 16 nitrogen and oxygen atoms in total. The first-order chi connectivity index (χ1) is 30.6. The Morgan fingerprint density at radius 1 is 0.766 bits per heavy atom. The van der Waals surface area contributed by atoms with Gasteiger partial charge in [-0.05, 0) is 64.2 Å². The van der Waals surface area contributed by atoms with Crippen LogP contribution in [0.5, 0.6) is 0 Å². The van der Waals surface area contributed by atoms with E-state index in [2.05, 4.69) is 31.2 Å². The summed E-state index contributed by atoms with van der Waals surface area (Å²) < 4.78 is 34.6. The first kappa shape index (κ1) is 57.5. The van der Waals surface area contributed by atoms with Crippen molar-refractivity contribution in [1.29, 1.82) is 0 Å². The molecule has 17 heteroatoms. The predicted molar refractivity (Wildman–Crippen MR) is 240 cm³/mol. The molecule has 2 aliphatic rings. The number of unbranched alkanes of at least 4 members (excludes halogenated alkanes) is 7. The highest BCUT2D eigenvalue weighted by molar-refractivity contribution is 7.47. The Morgan fingerprint density at radius 3 is 2.05 bits per heavy atom. The number of ketones is 1. The molecule has 8 N–H and O–H groups in total. The lowest BCUT2D eigenvalue weighted by atomic mass is 9.82. The second-order valence-electron chi connectivity index (χ2n) is 17.0. The van der Waals surface area contributed by atoms with Crippen LogP contribution in [-0.4, -0.2) is 127 Å². The molecule has 368 valence electrons. The molecule has 1 saturated heterocycles. The molecule has 1 saturated carbocycles. The van der Waals surface area contributed by atoms with E-state index in [-0.39, 0.29) is 19.3 Å². The lowest BCUT2D eigenvalue weighted by molar-refractivity contribution is -0.167. The summed E-state index contributed by atoms with van der Waals surface area (Å²) in [5, 5.41) is 78.6. The van der Waals surface area contributed by atoms with Crippen LogP contribution in [0.15, 0.2) is 48.6 Å². The molecule has 0 radical (unpaired) electrons. The lowest BCUT2D eigenvalue weighted by Crippen LogP contribution is -2.55. The molecule has 0 amide bonds. The monoisotopic (exact) mass is 931 g/mol. The minimum absolute atomic E-state index is 0.0131. The van der Waals surface area contributed by atoms with Crippen LogP contribution in [0, 0.1) is 11.8 Å². The zero-order valence-corrected chi connectivity index (χ0v) is 38.9. The number of rotatable bonds is 20. The van der Waals surface area contributed by atoms with Crippen LogP contribution in [-0.2, 0) is 37.5 Å². The zero-order valence-electron chi connectivity index (χ0n) is 38.0. The number of allylic oxidation sites excluding steroid dienone is 6. The number of Topliss-reactive ketones (excluding diaryl/α,β-unsaturated/α-hetero) is 1. The van der Waals surface area contributed by atoms with E-state index in [9.17, 15) is 59.6 Å². The molecule has 1 aliphatic heterocycles. The van der Waals surface area contributed by atoms with E-state index < -0.39 is 112 Å². The largest absolute Gasteiger partial charge is 0.472 e. The minimum Gasteiger partial charge on any atom is -0.462 e. The summed E-state index contributed by atoms with van der Waals surface area (Å²) in [6.07, 6.45) is 9.42. The number of hydrogen-bond donors (Lipinski definition) is 8. The molecule has 2 rings (SSSR count). The van der Waals surface area contributed by atoms with Crippen LogP contribution in [0.3, 0.4) is 0 Å². The molecule has 64 heavy (non-hydrogen) atoms. The maximum absolute atomic E-state index is 13.7. The normalized spacial score (nSPS) is 31.8. The van der Waals surface area contributed by atoms with Crippen molar-refractivity contribution < 1.29 is 78.1 Å². The number of hydrogen-bond acceptors (Lipinski definition) is 15. The third-order valence-corrected chi connectivity index (χ3v) is 12.5. The highest BCUT2D eigenvalue weighted by Gasteiger charge is 2.49. The van der Waals surface area contributed by atoms with Gasteiger partial charge in [-0.25, -0.2) is 4.57 Å². The Labute approximate surface area is 380 Å². The third kappa shape index (κ3) is 23.2. The van der Waals surface area contributed by atoms with Crippen molar-refractivity contribution in [1.82, 2.24) is 0 Å². The Balaban J connectivity index is 2.23. The number of fused-ring (bicyclic) bond motifs is 4. The molecule has 0 aromatic carbocycles. The number of carbonyl (C=O) groups excluding carboxylic acids is 3. The van der Waals surface area contributed by atoms with Gasteiger partial charge in [0.1, 0.15) is 36.8 Å². The Kier molecular flexibility index (Phi) is 29.6. The van der Waals surface area contributed by atoms with Gasteiger partial charge in [0.25, 0.3) is 0 Å². The van der Waals surface area contributed by atoms with Crippen molar-refractivity contribution in [3.05, 3.63) is 48.6 Å². The molecule has 1 unspecified atom stereocenters. The number of aliphatic hydroxyl groups excluding tert-OH is 7. The topological polar surface area (TPSA) is 267 Å². The number of ether oxygens (including phenoxy) is 2. The van der Waals surface area contributed by atoms with Crippen molar-refractivity contribution in [3.8, 4) is 0 Å². The molecular formula is C47H79O16P. The summed E-state index contributed by atoms with van der Waals surface area (Å²) in [5.41, 5.74) is 0. The number of phosphoric ester groups is 1. The number of aliphatic hydroxyl groups is 7. The van der Waals surface area contributed by atoms with E-state index in [0.29, 0.717) is 51.4 Å². The third-order valence-electron chi connectivity index (χ3n) is 11.5. The first-order valence-electron chi connectivity index (χ1n) is 23.5. The fourth-order valence-corrected chi connectivity index (χ4v) is 8.60. The van der Waals surface area contributed by atoms with Gasteiger partial charge < -0.3 is 50.1 Å². The van der Waals surface area contributed by atoms with Gasteiger partial charge in [-0.1, -0.05) is 114 Å². The van der Waals surface area contributed by atoms with Gasteiger partial charge in [-0.15, -0.1) is 0 Å². The average molecular weight is 931 g/mol. The highest BCUT2D eigenvalue weighted by Crippen LogP contribution is 2.47. The van der Waals surface area contributed by atoms with Gasteiger partial charge in [0, 0.05) is 25.2 Å². The molecule has 0 spiro atoms. The minimum atomic E-state index is -5.46. The van der Waals surface area contributed by atoms with Crippen LogP contribution < -0.4 is 0 Å². The van der Waals surface area contributed by atoms with Crippen molar-refractivity contribution in [2.75, 3.05) is 13.2 Å². The average Bonchev–Trinajstić information content (AvgIpc) is 3.26. The Hall–Kier alpha value is -2.60. The van der Waals surface area contributed by atoms with E-state index in [1.165, 1.54) is 25.3 Å². The Morgan fingerprint density at radius 2 is 1.38 bits per heavy atom. The van der Waals surface area contributed by atoms with Gasteiger partial charge >= 0.3 is 19.8 Å². The Bertz CT molecular complexity index is 1480. The van der Waals surface area contributed by atoms with Crippen molar-refractivity contribution >= 4 is 25.5 Å². The van der Waals surface area contributed by atoms with Gasteiger partial charge in [0.05, 0.1) is 36.9 Å². The molecule has 0 aromatic heterocycles. The summed E-state index contributed by atoms with van der Waals surface area (Å²) in [4.78, 5) is 50.1. The van der Waals surface area contributed by atoms with Crippen LogP contribution in [0.25, 0.3) is 0 Å². The van der Waals surface area contributed by atoms with Crippen LogP contribution >= 0.6 is 7.82 Å². The number of carbonyl (C=O) groups is 3. The van der Waals surface area contributed by atoms with Gasteiger partial charge in [-0.3, -0.25) is 23.4 Å². The maximum Gasteiger partial charge on any atom is 0.472 e. The van der Waals surface area contributed by atoms with Gasteiger partial charge in [-0.2, -0.15) is 0 Å². The summed E-state index contributed by atoms with van der Waals surface area (Å²) in [6, 6.07) is 0. The van der Waals surface area contributed by atoms with Crippen LogP contribution in [0.4, 0.5) is 0 Å². The van der Waals surface area contributed by atoms with E-state index in [1.807, 2.05) is 19.1 Å². The molecule has 1 aliphatic carbocycles. The molecular weight excluding hydrogens is 851 g/mol. The van der Waals surface area contributed by atoms with E-state index >= 15 is 0 Å². The summed E-state index contributed by atoms with van der Waals surface area (Å²) >= 11 is 0. The fraction of sp³-hybridized carbons (Fsp3) is 0.766. The van der Waals surface area contributed by atoms with Gasteiger partial charge in [0.15, 0.2) is 6.10 Å². The van der Waals surface area contributed by atoms with Gasteiger partial charge in [0.2, 0.25) is 0 Å². The SMILES string of the molecule is CCCCC/C=C\C/C=C\C/C=C\CCCCC(=O)O[C@@H]1COC(=O)CCCCCC[C@@H]2[C@@H](O)[C@H](O)[C@@H](O)[C@H](OP(=O)(O)OC1)[C@H](O)[C@H](O)[C@@H](C=C[C@@H](O)CCCCC)C(=O)C[C@@H]2O. The van der Waals surface area contributed by atoms with E-state index in [0.717, 1.165) is 44.6 Å². The summed E-state index contributed by atoms with van der Waals surface area (Å²) in [5.74, 6) is -5.05. The van der Waals surface area contributed by atoms with Crippen molar-refractivity contribution in [2.45, 2.75) is 204 Å². The smallest absolute Gasteiger partial charge is 0.462 e. The zero-order chi connectivity index (χ0) is 47.3. The summed E-state index contributed by atoms with van der Waals surface area (Å²) in [7, 11) is -5.46. The van der Waals surface area contributed by atoms with E-state index in [1.54, 1.807) is 0 Å². The molecule has 2 fully saturated rings. The number of esters is 2. The maximum atomic E-state index is 13.7. The first-order valence-corrected chi connectivity index (χ1v) is 25.0. The van der Waals surface area contributed by atoms with Crippen molar-refractivity contribution in [3.63, 3.8) is 0 Å². The predicted octanol–water partition coefficient (Wildman–Crippen LogP) is 5.76. The standard InChI is InChI=1S/C47H79O16P/c1-3-5-7-8-9-10-11-12-13-14-15-16-17-18-24-28-41(52)62-35-32-60-40(51)27-23-20-19-22-26-36-38(49)31-39(50)37(30-29-34(48)25-21-6-4-2)43(54)45(56)47(46(57)44(55)42(36)53)63-64(58,59)61-33-35/h9-10,12-13,15-16,29-30,34-38,42-49,53-57H,3-8,11,14,17-28,31-33H2,1-2H3,(H,58,59)/b10-9-,13-12-,16-15-,30-29?/t34-,35+,36-,37-,38-,42+,43+,44-,45+,46+,47+/m0/s1. The molecule has 12 atom stereocenters. The molecule has 0 aromatic rings.